The first-order valence-electron chi connectivity index (χ1n) is 22.7. The molecular formula is C46H77Cl4N9O8S6. The van der Waals surface area contributed by atoms with Gasteiger partial charge in [0.15, 0.2) is 0 Å². The third kappa shape index (κ3) is 44.4. The molecule has 2 aromatic rings. The molecule has 0 aliphatic heterocycles. The van der Waals surface area contributed by atoms with Crippen molar-refractivity contribution in [3.8, 4) is 0 Å². The number of nitrogens with zero attached hydrogens (tertiary/aromatic N) is 1. The molecule has 0 fully saturated rings. The first-order valence-corrected chi connectivity index (χ1v) is 29.8. The maximum absolute atomic E-state index is 12.4. The Hall–Kier alpha value is -2.42. The van der Waals surface area contributed by atoms with Gasteiger partial charge in [0.1, 0.15) is 28.6 Å². The summed E-state index contributed by atoms with van der Waals surface area (Å²) in [5, 5.41) is 28.7. The van der Waals surface area contributed by atoms with E-state index in [0.29, 0.717) is 16.9 Å². The number of carbonyl (C=O) groups excluding carboxylic acids is 4. The fraction of sp³-hybridized carbons (Fsp3) is 0.565. The monoisotopic (exact) mass is 1220 g/mol. The second-order valence-electron chi connectivity index (χ2n) is 15.2. The molecule has 0 aromatic heterocycles. The van der Waals surface area contributed by atoms with Crippen molar-refractivity contribution in [3.05, 3.63) is 63.2 Å². The molecule has 17 nitrogen and oxygen atoms in total. The minimum atomic E-state index is -0.882. The number of carbonyl (C=O) groups is 4. The van der Waals surface area contributed by atoms with Crippen molar-refractivity contribution in [3.63, 3.8) is 0 Å². The molecule has 0 spiro atoms. The molecule has 0 atom stereocenters. The number of benzene rings is 2. The van der Waals surface area contributed by atoms with Gasteiger partial charge in [-0.3, -0.25) is 52.0 Å². The minimum absolute atomic E-state index is 0. The molecule has 73 heavy (non-hydrogen) atoms. The topological polar surface area (TPSA) is 285 Å². The fourth-order valence-corrected chi connectivity index (χ4v) is 11.2. The highest BCUT2D eigenvalue weighted by atomic mass is 35.5. The number of halogens is 4. The normalized spacial score (nSPS) is 10.5. The predicted molar refractivity (Wildman–Crippen MR) is 292 cm³/mol. The average Bonchev–Trinajstić information content (AvgIpc) is 3.30. The molecule has 0 bridgehead atoms. The SMILES string of the molecule is CCC(=O)CCOC(=O)c1cc(SSc2ccc([N+](=O)[O-])c(C(=O)OCCC(C)=O)c2)ccc1C.CNCCCC[NH+]=C(N)CCSSCCC(C)=[NH2+].CNCC[NH+]=C(N)CCSSCCC(C)=[NH2+].[Cl-].[Cl-].[Cl-].[Cl-]. The molecule has 0 saturated carbocycles. The Morgan fingerprint density at radius 3 is 1.58 bits per heavy atom. The standard InChI is InChI=1S/C24H25NO8S2.C12H26N4S2.C10H22N4S2.4ClH/c1-4-17(27)10-12-33-23(28)20-13-18(6-5-15(20)2)34-35-19-7-8-22(25(30)31)21(14-19)24(29)32-11-9-16(3)26;1-11(13)5-9-17-18-10-6-12(14)16-8-4-3-7-15-2;1-9(11)3-7-15-16-8-4-10(12)14-6-5-13-2;;;;/h5-8,13-14H,4,9-12H2,1-3H3;13,15H,3-10H2,1-2H3,(H2,14,16);11,13H,3-8H2,1-2H3,(H2,12,14);4*1H. The quantitative estimate of drug-likeness (QED) is 0.00605. The first kappa shape index (κ1) is 79.5. The van der Waals surface area contributed by atoms with Crippen LogP contribution in [0.15, 0.2) is 46.2 Å². The number of rotatable bonds is 35. The van der Waals surface area contributed by atoms with E-state index in [1.165, 1.54) is 53.1 Å². The van der Waals surface area contributed by atoms with E-state index in [0.717, 1.165) is 115 Å². The largest absolute Gasteiger partial charge is 1.00 e. The highest BCUT2D eigenvalue weighted by Gasteiger charge is 2.23. The molecule has 418 valence electrons. The number of aryl methyl sites for hydroxylation is 1. The van der Waals surface area contributed by atoms with E-state index in [1.54, 1.807) is 26.0 Å². The highest BCUT2D eigenvalue weighted by molar-refractivity contribution is 8.77. The molecule has 0 amide bonds. The van der Waals surface area contributed by atoms with Gasteiger partial charge < -0.3 is 69.7 Å². The summed E-state index contributed by atoms with van der Waals surface area (Å²) >= 11 is 0. The van der Waals surface area contributed by atoms with Crippen LogP contribution in [0.5, 0.6) is 0 Å². The van der Waals surface area contributed by atoms with Crippen molar-refractivity contribution >= 4 is 117 Å². The third-order valence-electron chi connectivity index (χ3n) is 8.91. The molecule has 0 heterocycles. The number of ketones is 2. The zero-order valence-electron chi connectivity index (χ0n) is 42.9. The Kier molecular flexibility index (Phi) is 56.2. The number of nitro benzene ring substituents is 1. The predicted octanol–water partition coefficient (Wildman–Crippen LogP) is -9.79. The smallest absolute Gasteiger partial charge is 0.345 e. The van der Waals surface area contributed by atoms with Crippen LogP contribution in [0.25, 0.3) is 0 Å². The summed E-state index contributed by atoms with van der Waals surface area (Å²) in [5.74, 6) is 4.51. The number of hydrogen-bond donors (Lipinski definition) is 8. The second-order valence-corrected chi connectivity index (χ2v) is 22.9. The van der Waals surface area contributed by atoms with Crippen molar-refractivity contribution in [2.24, 2.45) is 11.5 Å². The van der Waals surface area contributed by atoms with Crippen LogP contribution >= 0.6 is 64.8 Å². The molecule has 2 aromatic carbocycles. The molecule has 0 saturated heterocycles. The first-order chi connectivity index (χ1) is 32.9. The van der Waals surface area contributed by atoms with Gasteiger partial charge in [0.25, 0.3) is 5.69 Å². The van der Waals surface area contributed by atoms with E-state index >= 15 is 0 Å². The van der Waals surface area contributed by atoms with Crippen molar-refractivity contribution < 1.29 is 104 Å². The lowest BCUT2D eigenvalue weighted by atomic mass is 10.1. The summed E-state index contributed by atoms with van der Waals surface area (Å²) in [6, 6.07) is 9.34. The van der Waals surface area contributed by atoms with E-state index in [4.69, 9.17) is 31.8 Å². The Bertz CT molecular complexity index is 1980. The summed E-state index contributed by atoms with van der Waals surface area (Å²) < 4.78 is 10.2. The van der Waals surface area contributed by atoms with E-state index in [-0.39, 0.29) is 92.8 Å². The maximum Gasteiger partial charge on any atom is 0.345 e. The second kappa shape index (κ2) is 51.7. The highest BCUT2D eigenvalue weighted by Crippen LogP contribution is 2.39. The van der Waals surface area contributed by atoms with Crippen LogP contribution in [-0.2, 0) is 19.1 Å². The number of nitrogens with two attached hydrogens (primary N) is 4. The van der Waals surface area contributed by atoms with E-state index in [1.807, 2.05) is 77.2 Å². The van der Waals surface area contributed by atoms with Gasteiger partial charge in [0.2, 0.25) is 11.7 Å². The number of nitrogens with one attached hydrogen (secondary N) is 4. The molecule has 0 radical (unpaired) electrons. The zero-order valence-corrected chi connectivity index (χ0v) is 50.8. The summed E-state index contributed by atoms with van der Waals surface area (Å²) in [6.45, 7) is 12.5. The van der Waals surface area contributed by atoms with Gasteiger partial charge in [-0.2, -0.15) is 0 Å². The van der Waals surface area contributed by atoms with Gasteiger partial charge in [-0.25, -0.2) is 9.59 Å². The molecule has 27 heteroatoms. The van der Waals surface area contributed by atoms with Crippen LogP contribution < -0.4 is 92.5 Å². The number of amidine groups is 2. The summed E-state index contributed by atoms with van der Waals surface area (Å²) in [5.41, 5.74) is 14.2. The Balaban J connectivity index is -0.000000344. The van der Waals surface area contributed by atoms with Crippen LogP contribution in [-0.4, -0.2) is 128 Å². The van der Waals surface area contributed by atoms with Gasteiger partial charge >= 0.3 is 11.9 Å². The van der Waals surface area contributed by atoms with Gasteiger partial charge in [-0.15, -0.1) is 0 Å². The number of esters is 2. The van der Waals surface area contributed by atoms with Crippen molar-refractivity contribution in [1.29, 1.82) is 0 Å². The van der Waals surface area contributed by atoms with E-state index in [9.17, 15) is 29.3 Å². The maximum atomic E-state index is 12.4. The number of likely N-dealkylation sites (N-methyl/N-ethyl adjacent to an activating group) is 1. The Morgan fingerprint density at radius 2 is 1.11 bits per heavy atom. The van der Waals surface area contributed by atoms with Crippen molar-refractivity contribution in [2.75, 3.05) is 76.5 Å². The minimum Gasteiger partial charge on any atom is -1.00 e. The summed E-state index contributed by atoms with van der Waals surface area (Å²) in [7, 11) is 13.9. The molecular weight excluding hydrogens is 1140 g/mol. The van der Waals surface area contributed by atoms with Gasteiger partial charge in [0, 0.05) is 91.4 Å². The van der Waals surface area contributed by atoms with Crippen molar-refractivity contribution in [1.82, 2.24) is 10.6 Å². The lowest BCUT2D eigenvalue weighted by molar-refractivity contribution is -0.460. The number of ether oxygens (including phenoxy) is 2. The molecule has 12 N–H and O–H groups in total. The fourth-order valence-electron chi connectivity index (χ4n) is 4.88. The van der Waals surface area contributed by atoms with Gasteiger partial charge in [-0.1, -0.05) is 77.8 Å². The summed E-state index contributed by atoms with van der Waals surface area (Å²) in [4.78, 5) is 65.6. The number of Topliss-reactive ketones (excluding diaryl/α,β-unsaturated/α-hetero) is 2. The van der Waals surface area contributed by atoms with Crippen LogP contribution in [0.4, 0.5) is 5.69 Å². The number of nitro groups is 1. The lowest BCUT2D eigenvalue weighted by Gasteiger charge is -2.09. The van der Waals surface area contributed by atoms with Crippen LogP contribution in [0.1, 0.15) is 112 Å². The van der Waals surface area contributed by atoms with Crippen LogP contribution in [0.3, 0.4) is 0 Å². The molecule has 2 rings (SSSR count). The summed E-state index contributed by atoms with van der Waals surface area (Å²) in [6.07, 6.45) is 6.80. The zero-order chi connectivity index (χ0) is 51.8. The van der Waals surface area contributed by atoms with E-state index in [2.05, 4.69) is 20.6 Å². The van der Waals surface area contributed by atoms with Crippen LogP contribution in [0, 0.1) is 17.0 Å². The molecule has 0 aliphatic rings. The number of unbranched alkanes of at least 4 members (excludes halogenated alkanes) is 1. The molecule has 0 aliphatic carbocycles. The Labute approximate surface area is 481 Å². The Morgan fingerprint density at radius 1 is 0.658 bits per heavy atom. The van der Waals surface area contributed by atoms with Gasteiger partial charge in [0.05, 0.1) is 49.6 Å². The third-order valence-corrected chi connectivity index (χ3v) is 16.1. The van der Waals surface area contributed by atoms with Crippen molar-refractivity contribution in [2.45, 2.75) is 102 Å². The average molecular weight is 1220 g/mol. The number of hydrogen-bond acceptors (Lipinski definition) is 16. The van der Waals surface area contributed by atoms with Gasteiger partial charge in [-0.05, 0) is 77.2 Å². The van der Waals surface area contributed by atoms with Crippen LogP contribution in [0.2, 0.25) is 0 Å². The lowest BCUT2D eigenvalue weighted by Crippen LogP contribution is -3.00. The van der Waals surface area contributed by atoms with E-state index < -0.39 is 22.5 Å². The molecule has 0 unspecified atom stereocenters.